The molecule has 3 aromatic carbocycles. The van der Waals surface area contributed by atoms with Gasteiger partial charge in [0.05, 0.1) is 6.61 Å². The lowest BCUT2D eigenvalue weighted by Crippen LogP contribution is -1.94. The molecule has 1 heterocycles. The van der Waals surface area contributed by atoms with Crippen molar-refractivity contribution in [2.75, 3.05) is 0 Å². The summed E-state index contributed by atoms with van der Waals surface area (Å²) in [5.41, 5.74) is 4.10. The van der Waals surface area contributed by atoms with Crippen molar-refractivity contribution in [2.45, 2.75) is 13.2 Å². The molecule has 0 aliphatic carbocycles. The van der Waals surface area contributed by atoms with Gasteiger partial charge in [0.15, 0.2) is 5.58 Å². The van der Waals surface area contributed by atoms with E-state index >= 15 is 0 Å². The summed E-state index contributed by atoms with van der Waals surface area (Å²) < 4.78 is 11.6. The highest BCUT2D eigenvalue weighted by atomic mass is 16.5. The number of nitrogens with zero attached hydrogens (tertiary/aromatic N) is 1. The summed E-state index contributed by atoms with van der Waals surface area (Å²) in [7, 11) is 0. The van der Waals surface area contributed by atoms with Crippen LogP contribution in [0.4, 0.5) is 0 Å². The van der Waals surface area contributed by atoms with Gasteiger partial charge in [-0.1, -0.05) is 42.5 Å². The van der Waals surface area contributed by atoms with Gasteiger partial charge in [-0.3, -0.25) is 0 Å². The zero-order chi connectivity index (χ0) is 17.1. The van der Waals surface area contributed by atoms with Crippen molar-refractivity contribution in [3.05, 3.63) is 83.9 Å². The van der Waals surface area contributed by atoms with E-state index in [2.05, 4.69) is 4.98 Å². The van der Waals surface area contributed by atoms with Gasteiger partial charge in [-0.2, -0.15) is 0 Å². The minimum atomic E-state index is -0.0712. The van der Waals surface area contributed by atoms with Gasteiger partial charge >= 0.3 is 0 Å². The van der Waals surface area contributed by atoms with Crippen LogP contribution in [0, 0.1) is 0 Å². The van der Waals surface area contributed by atoms with Crippen LogP contribution < -0.4 is 4.74 Å². The van der Waals surface area contributed by atoms with Gasteiger partial charge in [0.25, 0.3) is 0 Å². The van der Waals surface area contributed by atoms with E-state index < -0.39 is 0 Å². The van der Waals surface area contributed by atoms with Crippen molar-refractivity contribution >= 4 is 11.1 Å². The monoisotopic (exact) mass is 331 g/mol. The predicted octanol–water partition coefficient (Wildman–Crippen LogP) is 4.57. The second-order valence-corrected chi connectivity index (χ2v) is 5.74. The summed E-state index contributed by atoms with van der Waals surface area (Å²) in [6.45, 7) is 0.459. The van der Waals surface area contributed by atoms with E-state index in [-0.39, 0.29) is 6.61 Å². The van der Waals surface area contributed by atoms with Crippen LogP contribution in [0.3, 0.4) is 0 Å². The third-order valence-corrected chi connectivity index (χ3v) is 4.02. The molecule has 0 amide bonds. The van der Waals surface area contributed by atoms with Gasteiger partial charge < -0.3 is 14.3 Å². The van der Waals surface area contributed by atoms with Crippen LogP contribution in [0.2, 0.25) is 0 Å². The lowest BCUT2D eigenvalue weighted by molar-refractivity contribution is 0.282. The van der Waals surface area contributed by atoms with Crippen LogP contribution in [0.5, 0.6) is 5.75 Å². The topological polar surface area (TPSA) is 55.5 Å². The van der Waals surface area contributed by atoms with E-state index in [4.69, 9.17) is 9.15 Å². The lowest BCUT2D eigenvalue weighted by atomic mass is 10.2. The first kappa shape index (κ1) is 15.4. The Morgan fingerprint density at radius 1 is 0.880 bits per heavy atom. The Kier molecular flexibility index (Phi) is 4.19. The molecule has 0 aliphatic heterocycles. The Morgan fingerprint density at radius 2 is 1.68 bits per heavy atom. The van der Waals surface area contributed by atoms with Crippen molar-refractivity contribution in [3.63, 3.8) is 0 Å². The minimum absolute atomic E-state index is 0.0712. The van der Waals surface area contributed by atoms with Gasteiger partial charge in [-0.25, -0.2) is 4.98 Å². The number of benzene rings is 3. The molecule has 0 bridgehead atoms. The maximum atomic E-state index is 9.40. The Balaban J connectivity index is 1.54. The second-order valence-electron chi connectivity index (χ2n) is 5.74. The standard InChI is InChI=1S/C21H17NO3/c23-13-17-7-4-8-19-20(17)25-21(22-19)16-9-11-18(12-10-16)24-14-15-5-2-1-3-6-15/h1-12,23H,13-14H2. The molecule has 0 aliphatic rings. The van der Waals surface area contributed by atoms with Gasteiger partial charge in [0.1, 0.15) is 17.9 Å². The molecule has 0 saturated heterocycles. The Hall–Kier alpha value is -3.11. The molecule has 0 atom stereocenters. The number of rotatable bonds is 5. The molecule has 4 aromatic rings. The molecule has 0 unspecified atom stereocenters. The van der Waals surface area contributed by atoms with Crippen molar-refractivity contribution < 1.29 is 14.3 Å². The van der Waals surface area contributed by atoms with E-state index in [9.17, 15) is 5.11 Å². The molecular formula is C21H17NO3. The molecule has 0 fully saturated rings. The largest absolute Gasteiger partial charge is 0.489 e. The first-order chi connectivity index (χ1) is 12.3. The summed E-state index contributed by atoms with van der Waals surface area (Å²) in [4.78, 5) is 4.50. The van der Waals surface area contributed by atoms with Crippen LogP contribution in [0.15, 0.2) is 77.2 Å². The van der Waals surface area contributed by atoms with E-state index in [1.807, 2.05) is 72.8 Å². The summed E-state index contributed by atoms with van der Waals surface area (Å²) in [5.74, 6) is 1.32. The molecule has 124 valence electrons. The number of aromatic nitrogens is 1. The first-order valence-electron chi connectivity index (χ1n) is 8.10. The second kappa shape index (κ2) is 6.79. The van der Waals surface area contributed by atoms with E-state index in [1.54, 1.807) is 0 Å². The zero-order valence-corrected chi connectivity index (χ0v) is 13.6. The maximum absolute atomic E-state index is 9.40. The molecule has 0 saturated carbocycles. The smallest absolute Gasteiger partial charge is 0.227 e. The summed E-state index contributed by atoms with van der Waals surface area (Å²) in [5, 5.41) is 9.40. The molecule has 1 aromatic heterocycles. The third-order valence-electron chi connectivity index (χ3n) is 4.02. The molecule has 0 radical (unpaired) electrons. The number of fused-ring (bicyclic) bond motifs is 1. The number of ether oxygens (including phenoxy) is 1. The summed E-state index contributed by atoms with van der Waals surface area (Å²) in [6.07, 6.45) is 0. The fourth-order valence-corrected chi connectivity index (χ4v) is 2.69. The predicted molar refractivity (Wildman–Crippen MR) is 96.1 cm³/mol. The molecule has 1 N–H and O–H groups in total. The Morgan fingerprint density at radius 3 is 2.44 bits per heavy atom. The normalized spacial score (nSPS) is 10.9. The average Bonchev–Trinajstić information content (AvgIpc) is 3.12. The highest BCUT2D eigenvalue weighted by Crippen LogP contribution is 2.28. The van der Waals surface area contributed by atoms with E-state index in [1.165, 1.54) is 0 Å². The van der Waals surface area contributed by atoms with Crippen LogP contribution in [0.1, 0.15) is 11.1 Å². The van der Waals surface area contributed by atoms with Crippen molar-refractivity contribution in [1.29, 1.82) is 0 Å². The summed E-state index contributed by atoms with van der Waals surface area (Å²) >= 11 is 0. The minimum Gasteiger partial charge on any atom is -0.489 e. The van der Waals surface area contributed by atoms with Crippen molar-refractivity contribution in [1.82, 2.24) is 4.98 Å². The van der Waals surface area contributed by atoms with Gasteiger partial charge in [-0.15, -0.1) is 0 Å². The van der Waals surface area contributed by atoms with Gasteiger partial charge in [-0.05, 0) is 35.9 Å². The van der Waals surface area contributed by atoms with Crippen molar-refractivity contribution in [3.8, 4) is 17.2 Å². The fraction of sp³-hybridized carbons (Fsp3) is 0.0952. The maximum Gasteiger partial charge on any atom is 0.227 e. The van der Waals surface area contributed by atoms with E-state index in [0.29, 0.717) is 18.1 Å². The molecular weight excluding hydrogens is 314 g/mol. The van der Waals surface area contributed by atoms with Crippen LogP contribution in [0.25, 0.3) is 22.6 Å². The van der Waals surface area contributed by atoms with Crippen molar-refractivity contribution in [2.24, 2.45) is 0 Å². The fourth-order valence-electron chi connectivity index (χ4n) is 2.69. The van der Waals surface area contributed by atoms with Gasteiger partial charge in [0.2, 0.25) is 5.89 Å². The van der Waals surface area contributed by atoms with Crippen LogP contribution in [-0.2, 0) is 13.2 Å². The molecule has 4 nitrogen and oxygen atoms in total. The lowest BCUT2D eigenvalue weighted by Gasteiger charge is -2.06. The number of aliphatic hydroxyl groups excluding tert-OH is 1. The molecule has 4 rings (SSSR count). The number of hydrogen-bond donors (Lipinski definition) is 1. The highest BCUT2D eigenvalue weighted by molar-refractivity contribution is 5.79. The van der Waals surface area contributed by atoms with Gasteiger partial charge in [0, 0.05) is 11.1 Å². The average molecular weight is 331 g/mol. The Bertz CT molecular complexity index is 975. The van der Waals surface area contributed by atoms with E-state index in [0.717, 1.165) is 28.0 Å². The van der Waals surface area contributed by atoms with Crippen LogP contribution in [-0.4, -0.2) is 10.1 Å². The number of oxazole rings is 1. The first-order valence-corrected chi connectivity index (χ1v) is 8.10. The van der Waals surface area contributed by atoms with Crippen LogP contribution >= 0.6 is 0 Å². The molecule has 4 heteroatoms. The third kappa shape index (κ3) is 3.25. The quantitative estimate of drug-likeness (QED) is 0.582. The molecule has 25 heavy (non-hydrogen) atoms. The summed E-state index contributed by atoms with van der Waals surface area (Å²) in [6, 6.07) is 23.3. The Labute approximate surface area is 145 Å². The number of aliphatic hydroxyl groups is 1. The zero-order valence-electron chi connectivity index (χ0n) is 13.6. The highest BCUT2D eigenvalue weighted by Gasteiger charge is 2.11. The molecule has 0 spiro atoms. The number of para-hydroxylation sites is 1. The number of hydrogen-bond acceptors (Lipinski definition) is 4. The SMILES string of the molecule is OCc1cccc2nc(-c3ccc(OCc4ccccc4)cc3)oc12.